The average molecular weight is 434 g/mol. The van der Waals surface area contributed by atoms with Crippen molar-refractivity contribution >= 4 is 22.5 Å². The number of benzene rings is 1. The number of nitrogens with one attached hydrogen (secondary N) is 1. The van der Waals surface area contributed by atoms with Crippen LogP contribution < -0.4 is 14.2 Å². The normalized spacial score (nSPS) is 14.9. The lowest BCUT2D eigenvalue weighted by Crippen LogP contribution is -2.38. The summed E-state index contributed by atoms with van der Waals surface area (Å²) >= 11 is 6.66. The average Bonchev–Trinajstić information content (AvgIpc) is 3.23. The molecule has 4 rings (SSSR count). The van der Waals surface area contributed by atoms with Crippen molar-refractivity contribution < 1.29 is 18.9 Å². The second kappa shape index (κ2) is 9.46. The van der Waals surface area contributed by atoms with Gasteiger partial charge in [0.15, 0.2) is 0 Å². The Morgan fingerprint density at radius 3 is 2.80 bits per heavy atom. The minimum atomic E-state index is -0.0306. The van der Waals surface area contributed by atoms with Gasteiger partial charge in [-0.1, -0.05) is 11.6 Å². The summed E-state index contributed by atoms with van der Waals surface area (Å²) in [6, 6.07) is 5.68. The number of aromatic amines is 1. The van der Waals surface area contributed by atoms with Crippen molar-refractivity contribution in [1.82, 2.24) is 25.1 Å². The summed E-state index contributed by atoms with van der Waals surface area (Å²) in [5.74, 6) is 1.48. The first kappa shape index (κ1) is 20.6. The fourth-order valence-electron chi connectivity index (χ4n) is 3.15. The highest BCUT2D eigenvalue weighted by Crippen LogP contribution is 2.38. The lowest BCUT2D eigenvalue weighted by Gasteiger charge is -2.26. The Bertz CT molecular complexity index is 977. The molecular weight excluding hydrogens is 410 g/mol. The molecule has 3 aromatic rings. The maximum atomic E-state index is 6.66. The Morgan fingerprint density at radius 1 is 1.23 bits per heavy atom. The molecule has 0 radical (unpaired) electrons. The van der Waals surface area contributed by atoms with E-state index in [4.69, 9.17) is 30.5 Å². The highest BCUT2D eigenvalue weighted by molar-refractivity contribution is 6.36. The van der Waals surface area contributed by atoms with E-state index in [0.717, 1.165) is 38.2 Å². The molecule has 0 aliphatic carbocycles. The molecule has 0 atom stereocenters. The van der Waals surface area contributed by atoms with Gasteiger partial charge < -0.3 is 18.9 Å². The predicted molar refractivity (Wildman–Crippen MR) is 112 cm³/mol. The van der Waals surface area contributed by atoms with Crippen LogP contribution in [0.1, 0.15) is 13.8 Å². The Labute approximate surface area is 179 Å². The van der Waals surface area contributed by atoms with Gasteiger partial charge in [-0.05, 0) is 26.0 Å². The second-order valence-corrected chi connectivity index (χ2v) is 7.47. The zero-order valence-electron chi connectivity index (χ0n) is 16.9. The smallest absolute Gasteiger partial charge is 0.318 e. The van der Waals surface area contributed by atoms with E-state index in [9.17, 15) is 0 Å². The maximum absolute atomic E-state index is 6.66. The SMILES string of the molecule is CC(C)Oc1cc(Oc2ncn[nH]2)nc2c(Cl)c(OCCN3CCOCC3)ccc12. The lowest BCUT2D eigenvalue weighted by molar-refractivity contribution is 0.0322. The third kappa shape index (κ3) is 4.92. The third-order valence-corrected chi connectivity index (χ3v) is 4.91. The minimum Gasteiger partial charge on any atom is -0.491 e. The number of rotatable bonds is 8. The van der Waals surface area contributed by atoms with Gasteiger partial charge in [-0.25, -0.2) is 10.1 Å². The molecule has 0 saturated carbocycles. The number of hydrogen-bond donors (Lipinski definition) is 1. The highest BCUT2D eigenvalue weighted by Gasteiger charge is 2.17. The molecule has 1 fully saturated rings. The first-order valence-corrected chi connectivity index (χ1v) is 10.2. The van der Waals surface area contributed by atoms with E-state index in [0.29, 0.717) is 34.5 Å². The summed E-state index contributed by atoms with van der Waals surface area (Å²) in [5.41, 5.74) is 0.535. The number of H-pyrrole nitrogens is 1. The fourth-order valence-corrected chi connectivity index (χ4v) is 3.42. The molecule has 1 aromatic carbocycles. The van der Waals surface area contributed by atoms with Gasteiger partial charge in [-0.3, -0.25) is 4.90 Å². The van der Waals surface area contributed by atoms with Crippen molar-refractivity contribution in [3.8, 4) is 23.4 Å². The molecule has 1 aliphatic heterocycles. The van der Waals surface area contributed by atoms with Crippen LogP contribution in [0.15, 0.2) is 24.5 Å². The van der Waals surface area contributed by atoms with Crippen molar-refractivity contribution in [2.75, 3.05) is 39.5 Å². The maximum Gasteiger partial charge on any atom is 0.318 e. The number of halogens is 1. The molecule has 3 heterocycles. The van der Waals surface area contributed by atoms with Crippen LogP contribution in [-0.2, 0) is 4.74 Å². The van der Waals surface area contributed by atoms with Crippen LogP contribution in [0.3, 0.4) is 0 Å². The van der Waals surface area contributed by atoms with Crippen LogP contribution in [0.5, 0.6) is 23.4 Å². The molecule has 0 amide bonds. The van der Waals surface area contributed by atoms with E-state index in [1.54, 1.807) is 6.07 Å². The Hall–Kier alpha value is -2.62. The summed E-state index contributed by atoms with van der Waals surface area (Å²) in [5, 5.41) is 7.61. The van der Waals surface area contributed by atoms with Gasteiger partial charge >= 0.3 is 6.01 Å². The van der Waals surface area contributed by atoms with E-state index in [-0.39, 0.29) is 12.1 Å². The molecule has 1 N–H and O–H groups in total. The van der Waals surface area contributed by atoms with Gasteiger partial charge in [-0.15, -0.1) is 0 Å². The van der Waals surface area contributed by atoms with Crippen LogP contribution in [-0.4, -0.2) is 70.6 Å². The van der Waals surface area contributed by atoms with Crippen molar-refractivity contribution in [3.63, 3.8) is 0 Å². The van der Waals surface area contributed by atoms with Crippen molar-refractivity contribution in [2.45, 2.75) is 20.0 Å². The summed E-state index contributed by atoms with van der Waals surface area (Å²) in [7, 11) is 0. The standard InChI is InChI=1S/C20H24ClN5O4/c1-13(2)29-16-11-17(30-20-22-12-23-25-20)24-19-14(16)3-4-15(18(19)21)28-10-7-26-5-8-27-9-6-26/h3-4,11-13H,5-10H2,1-2H3,(H,22,23,25). The van der Waals surface area contributed by atoms with Crippen LogP contribution >= 0.6 is 11.6 Å². The molecule has 2 aromatic heterocycles. The van der Waals surface area contributed by atoms with Gasteiger partial charge in [0.25, 0.3) is 0 Å². The number of fused-ring (bicyclic) bond motifs is 1. The Morgan fingerprint density at radius 2 is 2.07 bits per heavy atom. The van der Waals surface area contributed by atoms with E-state index < -0.39 is 0 Å². The Kier molecular flexibility index (Phi) is 6.51. The first-order valence-electron chi connectivity index (χ1n) is 9.86. The number of hydrogen-bond acceptors (Lipinski definition) is 8. The largest absolute Gasteiger partial charge is 0.491 e. The first-order chi connectivity index (χ1) is 14.6. The second-order valence-electron chi connectivity index (χ2n) is 7.09. The van der Waals surface area contributed by atoms with Crippen LogP contribution in [0, 0.1) is 0 Å². The zero-order chi connectivity index (χ0) is 20.9. The third-order valence-electron chi connectivity index (χ3n) is 4.55. The summed E-state index contributed by atoms with van der Waals surface area (Å²) in [6.45, 7) is 8.57. The molecule has 10 heteroatoms. The predicted octanol–water partition coefficient (Wildman–Crippen LogP) is 3.30. The summed E-state index contributed by atoms with van der Waals surface area (Å²) < 4.78 is 22.9. The molecule has 1 saturated heterocycles. The highest BCUT2D eigenvalue weighted by atomic mass is 35.5. The zero-order valence-corrected chi connectivity index (χ0v) is 17.7. The molecule has 160 valence electrons. The van der Waals surface area contributed by atoms with Gasteiger partial charge in [0.1, 0.15) is 35.0 Å². The quantitative estimate of drug-likeness (QED) is 0.578. The molecule has 0 unspecified atom stereocenters. The van der Waals surface area contributed by atoms with Crippen molar-refractivity contribution in [2.24, 2.45) is 0 Å². The lowest BCUT2D eigenvalue weighted by atomic mass is 10.2. The minimum absolute atomic E-state index is 0.0306. The summed E-state index contributed by atoms with van der Waals surface area (Å²) in [4.78, 5) is 10.8. The topological polar surface area (TPSA) is 94.6 Å². The summed E-state index contributed by atoms with van der Waals surface area (Å²) in [6.07, 6.45) is 1.33. The van der Waals surface area contributed by atoms with Gasteiger partial charge in [0.05, 0.1) is 19.3 Å². The van der Waals surface area contributed by atoms with Crippen LogP contribution in [0.25, 0.3) is 10.9 Å². The number of nitrogens with zero attached hydrogens (tertiary/aromatic N) is 4. The molecule has 1 aliphatic rings. The monoisotopic (exact) mass is 433 g/mol. The van der Waals surface area contributed by atoms with E-state index in [2.05, 4.69) is 25.1 Å². The van der Waals surface area contributed by atoms with Crippen LogP contribution in [0.4, 0.5) is 0 Å². The fraction of sp³-hybridized carbons (Fsp3) is 0.450. The number of ether oxygens (including phenoxy) is 4. The van der Waals surface area contributed by atoms with Gasteiger partial charge in [0.2, 0.25) is 5.88 Å². The molecule has 0 bridgehead atoms. The van der Waals surface area contributed by atoms with Gasteiger partial charge in [0, 0.05) is 31.1 Å². The van der Waals surface area contributed by atoms with Crippen LogP contribution in [0.2, 0.25) is 5.02 Å². The Balaban J connectivity index is 1.58. The van der Waals surface area contributed by atoms with Crippen molar-refractivity contribution in [1.29, 1.82) is 0 Å². The number of pyridine rings is 1. The molecule has 9 nitrogen and oxygen atoms in total. The molecule has 30 heavy (non-hydrogen) atoms. The van der Waals surface area contributed by atoms with E-state index in [1.807, 2.05) is 26.0 Å². The number of morpholine rings is 1. The molecular formula is C20H24ClN5O4. The number of aromatic nitrogens is 4. The molecule has 0 spiro atoms. The van der Waals surface area contributed by atoms with Crippen molar-refractivity contribution in [3.05, 3.63) is 29.5 Å². The van der Waals surface area contributed by atoms with E-state index in [1.165, 1.54) is 6.33 Å². The van der Waals surface area contributed by atoms with Gasteiger partial charge in [-0.2, -0.15) is 10.1 Å². The van der Waals surface area contributed by atoms with E-state index >= 15 is 0 Å².